The smallest absolute Gasteiger partial charge is 0.274 e. The second kappa shape index (κ2) is 8.61. The van der Waals surface area contributed by atoms with E-state index in [0.717, 1.165) is 4.91 Å². The van der Waals surface area contributed by atoms with Crippen LogP contribution >= 0.6 is 11.8 Å². The van der Waals surface area contributed by atoms with E-state index in [-0.39, 0.29) is 16.4 Å². The summed E-state index contributed by atoms with van der Waals surface area (Å²) in [6.45, 7) is 1.74. The molecule has 0 saturated carbocycles. The molecule has 0 fully saturated rings. The van der Waals surface area contributed by atoms with Crippen LogP contribution < -0.4 is 11.1 Å². The van der Waals surface area contributed by atoms with Crippen molar-refractivity contribution in [3.05, 3.63) is 95.3 Å². The van der Waals surface area contributed by atoms with Crippen LogP contribution in [0.2, 0.25) is 0 Å². The molecule has 1 aliphatic heterocycles. The van der Waals surface area contributed by atoms with Gasteiger partial charge in [-0.15, -0.1) is 0 Å². The van der Waals surface area contributed by atoms with Crippen LogP contribution in [0.4, 0.5) is 10.1 Å². The number of carbonyl (C=O) groups excluding carboxylic acids is 1. The van der Waals surface area contributed by atoms with Crippen LogP contribution in [0.5, 0.6) is 0 Å². The van der Waals surface area contributed by atoms with Crippen LogP contribution in [-0.2, 0) is 5.54 Å². The van der Waals surface area contributed by atoms with E-state index < -0.39 is 17.3 Å². The highest BCUT2D eigenvalue weighted by Crippen LogP contribution is 2.41. The second-order valence-corrected chi connectivity index (χ2v) is 8.18. The standard InChI is InChI=1S/C23H17FN6OS/c1-23(11-20(32-22(26)30-23)18-4-2-3-9-27-18)16-10-15(6-7-17(16)24)29-21(31)19-8-5-14(12-25)13-28-19/h2-11,13H,1H3,(H2,26,30)(H,29,31)/t23-/m0/s1. The molecule has 7 nitrogen and oxygen atoms in total. The van der Waals surface area contributed by atoms with E-state index in [9.17, 15) is 9.18 Å². The van der Waals surface area contributed by atoms with E-state index in [1.807, 2.05) is 30.3 Å². The molecule has 4 rings (SSSR count). The van der Waals surface area contributed by atoms with Gasteiger partial charge < -0.3 is 11.1 Å². The molecule has 1 atom stereocenters. The number of nitrogens with one attached hydrogen (secondary N) is 1. The number of amides is 1. The van der Waals surface area contributed by atoms with Crippen molar-refractivity contribution in [2.45, 2.75) is 12.5 Å². The number of aliphatic imine (C=N–C) groups is 1. The fourth-order valence-corrected chi connectivity index (χ4v) is 4.21. The van der Waals surface area contributed by atoms with Gasteiger partial charge in [0.05, 0.1) is 11.3 Å². The molecule has 0 aliphatic carbocycles. The molecule has 1 aliphatic rings. The first-order chi connectivity index (χ1) is 15.4. The summed E-state index contributed by atoms with van der Waals surface area (Å²) in [5.74, 6) is -0.966. The number of anilines is 1. The summed E-state index contributed by atoms with van der Waals surface area (Å²) < 4.78 is 14.9. The number of benzene rings is 1. The first kappa shape index (κ1) is 21.2. The number of pyridine rings is 2. The third-order valence-corrected chi connectivity index (χ3v) is 5.63. The number of hydrogen-bond donors (Lipinski definition) is 2. The number of nitrogens with zero attached hydrogens (tertiary/aromatic N) is 4. The van der Waals surface area contributed by atoms with Gasteiger partial charge in [-0.25, -0.2) is 14.4 Å². The summed E-state index contributed by atoms with van der Waals surface area (Å²) in [6.07, 6.45) is 4.79. The fourth-order valence-electron chi connectivity index (χ4n) is 3.23. The van der Waals surface area contributed by atoms with E-state index in [2.05, 4.69) is 20.3 Å². The molecule has 0 unspecified atom stereocenters. The van der Waals surface area contributed by atoms with Gasteiger partial charge in [-0.05, 0) is 55.5 Å². The number of rotatable bonds is 4. The van der Waals surface area contributed by atoms with Crippen molar-refractivity contribution in [1.82, 2.24) is 9.97 Å². The number of thioether (sulfide) groups is 1. The van der Waals surface area contributed by atoms with Gasteiger partial charge in [0.1, 0.15) is 23.1 Å². The SMILES string of the molecule is C[C@@]1(c2cc(NC(=O)c3ccc(C#N)cn3)ccc2F)C=C(c2ccccn2)SC(N)=N1. The van der Waals surface area contributed by atoms with Crippen LogP contribution in [0, 0.1) is 17.1 Å². The summed E-state index contributed by atoms with van der Waals surface area (Å²) >= 11 is 1.26. The average molecular weight is 444 g/mol. The first-order valence-corrected chi connectivity index (χ1v) is 10.3. The minimum Gasteiger partial charge on any atom is -0.378 e. The molecule has 1 amide bonds. The number of carbonyl (C=O) groups is 1. The summed E-state index contributed by atoms with van der Waals surface area (Å²) in [7, 11) is 0. The minimum atomic E-state index is -1.10. The van der Waals surface area contributed by atoms with Crippen LogP contribution in [0.3, 0.4) is 0 Å². The average Bonchev–Trinajstić information content (AvgIpc) is 2.80. The zero-order valence-electron chi connectivity index (χ0n) is 16.9. The monoisotopic (exact) mass is 444 g/mol. The van der Waals surface area contributed by atoms with Gasteiger partial charge in [-0.3, -0.25) is 9.78 Å². The lowest BCUT2D eigenvalue weighted by atomic mass is 9.90. The lowest BCUT2D eigenvalue weighted by Gasteiger charge is -2.28. The maximum absolute atomic E-state index is 14.9. The highest BCUT2D eigenvalue weighted by Gasteiger charge is 2.32. The van der Waals surface area contributed by atoms with Gasteiger partial charge in [0.2, 0.25) is 0 Å². The van der Waals surface area contributed by atoms with Crippen molar-refractivity contribution in [2.75, 3.05) is 5.32 Å². The fraction of sp³-hybridized carbons (Fsp3) is 0.0870. The normalized spacial score (nSPS) is 17.7. The lowest BCUT2D eigenvalue weighted by Crippen LogP contribution is -2.26. The van der Waals surface area contributed by atoms with Crippen molar-refractivity contribution in [3.8, 4) is 6.07 Å². The number of halogens is 1. The molecule has 3 aromatic rings. The first-order valence-electron chi connectivity index (χ1n) is 9.53. The summed E-state index contributed by atoms with van der Waals surface area (Å²) in [6, 6.07) is 14.7. The van der Waals surface area contributed by atoms with Gasteiger partial charge in [-0.2, -0.15) is 5.26 Å². The third kappa shape index (κ3) is 4.36. The van der Waals surface area contributed by atoms with Gasteiger partial charge in [0, 0.05) is 28.5 Å². The number of amidine groups is 1. The molecule has 9 heteroatoms. The molecule has 2 aromatic heterocycles. The van der Waals surface area contributed by atoms with E-state index in [0.29, 0.717) is 16.9 Å². The molecule has 1 aromatic carbocycles. The molecule has 0 spiro atoms. The van der Waals surface area contributed by atoms with Crippen molar-refractivity contribution in [2.24, 2.45) is 10.7 Å². The van der Waals surface area contributed by atoms with Gasteiger partial charge in [0.25, 0.3) is 5.91 Å². The predicted molar refractivity (Wildman–Crippen MR) is 122 cm³/mol. The highest BCUT2D eigenvalue weighted by atomic mass is 32.2. The zero-order valence-corrected chi connectivity index (χ0v) is 17.7. The van der Waals surface area contributed by atoms with E-state index in [1.54, 1.807) is 13.1 Å². The maximum Gasteiger partial charge on any atom is 0.274 e. The van der Waals surface area contributed by atoms with Crippen molar-refractivity contribution in [3.63, 3.8) is 0 Å². The Labute approximate surface area is 187 Å². The number of hydrogen-bond acceptors (Lipinski definition) is 7. The summed E-state index contributed by atoms with van der Waals surface area (Å²) in [5, 5.41) is 11.8. The Morgan fingerprint density at radius 1 is 1.22 bits per heavy atom. The molecular formula is C23H17FN6OS. The number of nitriles is 1. The summed E-state index contributed by atoms with van der Waals surface area (Å²) in [5.41, 5.74) is 6.78. The molecular weight excluding hydrogens is 427 g/mol. The molecule has 0 radical (unpaired) electrons. The Balaban J connectivity index is 1.67. The number of nitrogens with two attached hydrogens (primary N) is 1. The van der Waals surface area contributed by atoms with Crippen molar-refractivity contribution in [1.29, 1.82) is 5.26 Å². The molecule has 0 saturated heterocycles. The zero-order chi connectivity index (χ0) is 22.7. The lowest BCUT2D eigenvalue weighted by molar-refractivity contribution is 0.102. The molecule has 32 heavy (non-hydrogen) atoms. The van der Waals surface area contributed by atoms with Crippen LogP contribution in [-0.4, -0.2) is 21.0 Å². The largest absolute Gasteiger partial charge is 0.378 e. The topological polar surface area (TPSA) is 117 Å². The second-order valence-electron chi connectivity index (χ2n) is 7.12. The minimum absolute atomic E-state index is 0.134. The van der Waals surface area contributed by atoms with Crippen molar-refractivity contribution < 1.29 is 9.18 Å². The summed E-state index contributed by atoms with van der Waals surface area (Å²) in [4.78, 5) is 26.1. The molecule has 3 heterocycles. The Morgan fingerprint density at radius 2 is 2.06 bits per heavy atom. The predicted octanol–water partition coefficient (Wildman–Crippen LogP) is 4.06. The molecule has 158 valence electrons. The van der Waals surface area contributed by atoms with Crippen LogP contribution in [0.25, 0.3) is 4.91 Å². The quantitative estimate of drug-likeness (QED) is 0.627. The Hall–Kier alpha value is -4.03. The van der Waals surface area contributed by atoms with Crippen LogP contribution in [0.1, 0.15) is 34.2 Å². The third-order valence-electron chi connectivity index (χ3n) is 4.78. The Kier molecular flexibility index (Phi) is 5.71. The van der Waals surface area contributed by atoms with E-state index in [1.165, 1.54) is 48.3 Å². The van der Waals surface area contributed by atoms with Crippen molar-refractivity contribution >= 4 is 33.4 Å². The molecule has 0 bridgehead atoms. The van der Waals surface area contributed by atoms with Gasteiger partial charge in [-0.1, -0.05) is 17.8 Å². The van der Waals surface area contributed by atoms with Gasteiger partial charge >= 0.3 is 0 Å². The van der Waals surface area contributed by atoms with E-state index >= 15 is 0 Å². The van der Waals surface area contributed by atoms with Gasteiger partial charge in [0.15, 0.2) is 5.17 Å². The van der Waals surface area contributed by atoms with E-state index in [4.69, 9.17) is 11.0 Å². The highest BCUT2D eigenvalue weighted by molar-refractivity contribution is 8.21. The Morgan fingerprint density at radius 3 is 2.75 bits per heavy atom. The molecule has 3 N–H and O–H groups in total. The van der Waals surface area contributed by atoms with Crippen LogP contribution in [0.15, 0.2) is 72.0 Å². The maximum atomic E-state index is 14.9. The Bertz CT molecular complexity index is 1280. The number of aromatic nitrogens is 2.